The Balaban J connectivity index is 1.90. The minimum absolute atomic E-state index is 0.309. The van der Waals surface area contributed by atoms with Crippen LogP contribution in [0.1, 0.15) is 25.0 Å². The average Bonchev–Trinajstić information content (AvgIpc) is 2.27. The molecule has 0 atom stereocenters. The topological polar surface area (TPSA) is 83.8 Å². The van der Waals surface area contributed by atoms with Gasteiger partial charge in [0.2, 0.25) is 0 Å². The summed E-state index contributed by atoms with van der Waals surface area (Å²) >= 11 is 0. The molecule has 5 nitrogen and oxygen atoms in total. The number of anilines is 1. The van der Waals surface area contributed by atoms with E-state index in [1.165, 1.54) is 12.8 Å². The van der Waals surface area contributed by atoms with E-state index in [9.17, 15) is 4.79 Å². The van der Waals surface area contributed by atoms with Gasteiger partial charge in [-0.3, -0.25) is 0 Å². The van der Waals surface area contributed by atoms with Crippen molar-refractivity contribution in [2.24, 2.45) is 5.92 Å². The third-order valence-electron chi connectivity index (χ3n) is 3.10. The highest BCUT2D eigenvalue weighted by atomic mass is 16.1. The molecular formula is C11H18N4O. The SMILES string of the molecule is Nc1cc(CCC2CCNCC2)[nH]c(=O)n1. The predicted octanol–water partition coefficient (Wildman–Crippen LogP) is 0.284. The monoisotopic (exact) mass is 222 g/mol. The van der Waals surface area contributed by atoms with E-state index in [2.05, 4.69) is 15.3 Å². The molecule has 0 aromatic carbocycles. The Morgan fingerprint density at radius 2 is 2.19 bits per heavy atom. The number of aromatic nitrogens is 2. The van der Waals surface area contributed by atoms with Gasteiger partial charge in [-0.15, -0.1) is 0 Å². The molecule has 0 bridgehead atoms. The van der Waals surface area contributed by atoms with Gasteiger partial charge < -0.3 is 16.0 Å². The number of hydrogen-bond acceptors (Lipinski definition) is 4. The van der Waals surface area contributed by atoms with E-state index < -0.39 is 0 Å². The fourth-order valence-corrected chi connectivity index (χ4v) is 2.19. The lowest BCUT2D eigenvalue weighted by Gasteiger charge is -2.22. The summed E-state index contributed by atoms with van der Waals surface area (Å²) in [7, 11) is 0. The lowest BCUT2D eigenvalue weighted by atomic mass is 9.92. The Morgan fingerprint density at radius 3 is 2.88 bits per heavy atom. The Morgan fingerprint density at radius 1 is 1.44 bits per heavy atom. The van der Waals surface area contributed by atoms with Crippen LogP contribution in [0.2, 0.25) is 0 Å². The Hall–Kier alpha value is -1.36. The van der Waals surface area contributed by atoms with Crippen LogP contribution in [-0.2, 0) is 6.42 Å². The van der Waals surface area contributed by atoms with Crippen molar-refractivity contribution in [2.75, 3.05) is 18.8 Å². The summed E-state index contributed by atoms with van der Waals surface area (Å²) in [5, 5.41) is 3.34. The predicted molar refractivity (Wildman–Crippen MR) is 63.2 cm³/mol. The van der Waals surface area contributed by atoms with Crippen molar-refractivity contribution < 1.29 is 0 Å². The molecule has 88 valence electrons. The van der Waals surface area contributed by atoms with Crippen LogP contribution in [0.4, 0.5) is 5.82 Å². The molecular weight excluding hydrogens is 204 g/mol. The van der Waals surface area contributed by atoms with E-state index in [-0.39, 0.29) is 5.69 Å². The molecule has 1 aromatic heterocycles. The Bertz CT molecular complexity index is 395. The first-order valence-corrected chi connectivity index (χ1v) is 5.80. The van der Waals surface area contributed by atoms with Crippen molar-refractivity contribution in [3.05, 3.63) is 22.2 Å². The van der Waals surface area contributed by atoms with Gasteiger partial charge in [0.15, 0.2) is 0 Å². The molecule has 1 saturated heterocycles. The second kappa shape index (κ2) is 5.12. The number of hydrogen-bond donors (Lipinski definition) is 3. The molecule has 0 amide bonds. The van der Waals surface area contributed by atoms with Crippen molar-refractivity contribution in [3.8, 4) is 0 Å². The summed E-state index contributed by atoms with van der Waals surface area (Å²) in [5.41, 5.74) is 6.08. The van der Waals surface area contributed by atoms with Gasteiger partial charge in [0.25, 0.3) is 0 Å². The van der Waals surface area contributed by atoms with Gasteiger partial charge in [-0.1, -0.05) is 0 Å². The fraction of sp³-hybridized carbons (Fsp3) is 0.636. The summed E-state index contributed by atoms with van der Waals surface area (Å²) in [6.45, 7) is 2.22. The van der Waals surface area contributed by atoms with E-state index in [1.54, 1.807) is 6.07 Å². The highest BCUT2D eigenvalue weighted by molar-refractivity contribution is 5.27. The van der Waals surface area contributed by atoms with E-state index in [4.69, 9.17) is 5.73 Å². The van der Waals surface area contributed by atoms with Crippen molar-refractivity contribution in [1.82, 2.24) is 15.3 Å². The maximum atomic E-state index is 11.1. The molecule has 2 rings (SSSR count). The minimum atomic E-state index is -0.347. The van der Waals surface area contributed by atoms with Crippen molar-refractivity contribution >= 4 is 5.82 Å². The molecule has 1 aliphatic heterocycles. The third-order valence-corrected chi connectivity index (χ3v) is 3.10. The Kier molecular flexibility index (Phi) is 3.56. The molecule has 4 N–H and O–H groups in total. The van der Waals surface area contributed by atoms with E-state index in [1.807, 2.05) is 0 Å². The van der Waals surface area contributed by atoms with Crippen molar-refractivity contribution in [1.29, 1.82) is 0 Å². The van der Waals surface area contributed by atoms with Gasteiger partial charge in [-0.2, -0.15) is 4.98 Å². The molecule has 0 saturated carbocycles. The Labute approximate surface area is 94.5 Å². The smallest absolute Gasteiger partial charge is 0.347 e. The molecule has 2 heterocycles. The molecule has 16 heavy (non-hydrogen) atoms. The zero-order valence-corrected chi connectivity index (χ0v) is 9.33. The van der Waals surface area contributed by atoms with Crippen LogP contribution in [-0.4, -0.2) is 23.1 Å². The third kappa shape index (κ3) is 3.06. The quantitative estimate of drug-likeness (QED) is 0.686. The van der Waals surface area contributed by atoms with Gasteiger partial charge in [0.05, 0.1) is 0 Å². The van der Waals surface area contributed by atoms with Gasteiger partial charge in [0.1, 0.15) is 5.82 Å². The zero-order valence-electron chi connectivity index (χ0n) is 9.33. The normalized spacial score (nSPS) is 17.5. The summed E-state index contributed by atoms with van der Waals surface area (Å²) < 4.78 is 0. The number of aryl methyl sites for hydroxylation is 1. The first-order valence-electron chi connectivity index (χ1n) is 5.80. The van der Waals surface area contributed by atoms with Crippen LogP contribution in [0, 0.1) is 5.92 Å². The number of aromatic amines is 1. The van der Waals surface area contributed by atoms with Crippen LogP contribution >= 0.6 is 0 Å². The lowest BCUT2D eigenvalue weighted by Crippen LogP contribution is -2.28. The van der Waals surface area contributed by atoms with Gasteiger partial charge in [-0.05, 0) is 50.8 Å². The first kappa shape index (κ1) is 11.1. The van der Waals surface area contributed by atoms with Crippen LogP contribution in [0.3, 0.4) is 0 Å². The first-order chi connectivity index (χ1) is 7.74. The lowest BCUT2D eigenvalue weighted by molar-refractivity contribution is 0.353. The van der Waals surface area contributed by atoms with Crippen LogP contribution in [0.15, 0.2) is 10.9 Å². The number of nitrogens with two attached hydrogens (primary N) is 1. The molecule has 1 aromatic rings. The second-order valence-electron chi connectivity index (χ2n) is 4.37. The molecule has 0 radical (unpaired) electrons. The number of rotatable bonds is 3. The largest absolute Gasteiger partial charge is 0.383 e. The summed E-state index contributed by atoms with van der Waals surface area (Å²) in [5.74, 6) is 1.07. The highest BCUT2D eigenvalue weighted by Gasteiger charge is 2.12. The molecule has 0 aliphatic carbocycles. The van der Waals surface area contributed by atoms with Gasteiger partial charge in [-0.25, -0.2) is 4.79 Å². The number of nitrogen functional groups attached to an aromatic ring is 1. The second-order valence-corrected chi connectivity index (χ2v) is 4.37. The minimum Gasteiger partial charge on any atom is -0.383 e. The molecule has 1 aliphatic rings. The summed E-state index contributed by atoms with van der Waals surface area (Å²) in [6, 6.07) is 1.75. The van der Waals surface area contributed by atoms with Crippen LogP contribution in [0.5, 0.6) is 0 Å². The number of nitrogens with one attached hydrogen (secondary N) is 2. The van der Waals surface area contributed by atoms with E-state index in [0.29, 0.717) is 5.82 Å². The summed E-state index contributed by atoms with van der Waals surface area (Å²) in [4.78, 5) is 17.4. The molecule has 0 unspecified atom stereocenters. The van der Waals surface area contributed by atoms with Crippen molar-refractivity contribution in [2.45, 2.75) is 25.7 Å². The standard InChI is InChI=1S/C11H18N4O/c12-10-7-9(14-11(16)15-10)2-1-8-3-5-13-6-4-8/h7-8,13H,1-6H2,(H3,12,14,15,16). The highest BCUT2D eigenvalue weighted by Crippen LogP contribution is 2.17. The number of H-pyrrole nitrogens is 1. The molecule has 5 heteroatoms. The maximum Gasteiger partial charge on any atom is 0.347 e. The number of piperidine rings is 1. The molecule has 0 spiro atoms. The average molecular weight is 222 g/mol. The van der Waals surface area contributed by atoms with Gasteiger partial charge in [0, 0.05) is 5.69 Å². The zero-order chi connectivity index (χ0) is 11.4. The summed E-state index contributed by atoms with van der Waals surface area (Å²) in [6.07, 6.45) is 4.45. The fourth-order valence-electron chi connectivity index (χ4n) is 2.19. The molecule has 1 fully saturated rings. The van der Waals surface area contributed by atoms with Crippen molar-refractivity contribution in [3.63, 3.8) is 0 Å². The maximum absolute atomic E-state index is 11.1. The van der Waals surface area contributed by atoms with E-state index in [0.717, 1.165) is 37.5 Å². The van der Waals surface area contributed by atoms with Gasteiger partial charge >= 0.3 is 5.69 Å². The van der Waals surface area contributed by atoms with Crippen LogP contribution < -0.4 is 16.7 Å². The van der Waals surface area contributed by atoms with Crippen LogP contribution in [0.25, 0.3) is 0 Å². The number of nitrogens with zero attached hydrogens (tertiary/aromatic N) is 1. The van der Waals surface area contributed by atoms with E-state index >= 15 is 0 Å².